The van der Waals surface area contributed by atoms with Gasteiger partial charge in [0.1, 0.15) is 22.3 Å². The van der Waals surface area contributed by atoms with Crippen LogP contribution in [0, 0.1) is 48.1 Å². The Bertz CT molecular complexity index is 3620. The summed E-state index contributed by atoms with van der Waals surface area (Å²) in [6, 6.07) is 54.2. The molecule has 11 rings (SSSR count). The van der Waals surface area contributed by atoms with Crippen LogP contribution in [0.4, 0.5) is 39.8 Å². The monoisotopic (exact) mass is 801 g/mol. The minimum absolute atomic E-state index is 0.433. The summed E-state index contributed by atoms with van der Waals surface area (Å²) in [5.74, 6) is 0. The highest BCUT2D eigenvalue weighted by Crippen LogP contribution is 2.48. The second-order valence-corrected chi connectivity index (χ2v) is 16.9. The molecule has 2 aromatic heterocycles. The van der Waals surface area contributed by atoms with E-state index in [0.29, 0.717) is 16.9 Å². The third kappa shape index (κ3) is 5.90. The first-order valence-electron chi connectivity index (χ1n) is 21.1. The molecule has 0 aliphatic carbocycles. The number of benzene rings is 9. The maximum atomic E-state index is 8.22. The summed E-state index contributed by atoms with van der Waals surface area (Å²) in [4.78, 5) is 8.66. The summed E-state index contributed by atoms with van der Waals surface area (Å²) >= 11 is 0. The second kappa shape index (κ2) is 14.1. The molecule has 0 unspecified atom stereocenters. The lowest BCUT2D eigenvalue weighted by atomic mass is 9.99. The molecule has 0 aliphatic rings. The molecule has 62 heavy (non-hydrogen) atoms. The van der Waals surface area contributed by atoms with E-state index in [0.717, 1.165) is 77.0 Å². The molecule has 0 radical (unpaired) electrons. The van der Waals surface area contributed by atoms with Gasteiger partial charge in [-0.25, -0.2) is 4.85 Å². The molecule has 0 N–H and O–H groups in total. The molecule has 0 saturated heterocycles. The third-order valence-electron chi connectivity index (χ3n) is 12.6. The number of hydrogen-bond donors (Lipinski definition) is 0. The second-order valence-electron chi connectivity index (χ2n) is 16.9. The number of anilines is 6. The van der Waals surface area contributed by atoms with E-state index >= 15 is 0 Å². The van der Waals surface area contributed by atoms with Crippen molar-refractivity contribution in [1.82, 2.24) is 0 Å². The Morgan fingerprint density at radius 1 is 0.403 bits per heavy atom. The first kappa shape index (κ1) is 37.2. The fourth-order valence-corrected chi connectivity index (χ4v) is 9.53. The van der Waals surface area contributed by atoms with Gasteiger partial charge >= 0.3 is 0 Å². The normalized spacial score (nSPS) is 11.7. The van der Waals surface area contributed by atoms with Crippen LogP contribution in [-0.4, -0.2) is 0 Å². The zero-order chi connectivity index (χ0) is 42.4. The van der Waals surface area contributed by atoms with E-state index in [-0.39, 0.29) is 0 Å². The van der Waals surface area contributed by atoms with Gasteiger partial charge in [-0.3, -0.25) is 0 Å². The van der Waals surface area contributed by atoms with Crippen LogP contribution in [0.15, 0.2) is 160 Å². The number of para-hydroxylation sites is 2. The highest BCUT2D eigenvalue weighted by atomic mass is 16.3. The van der Waals surface area contributed by atoms with E-state index in [1.807, 2.05) is 6.07 Å². The van der Waals surface area contributed by atoms with E-state index in [9.17, 15) is 0 Å². The zero-order valence-electron chi connectivity index (χ0n) is 35.6. The Labute approximate surface area is 360 Å². The number of aryl methyl sites for hydroxylation is 6. The van der Waals surface area contributed by atoms with Crippen LogP contribution in [-0.2, 0) is 0 Å². The van der Waals surface area contributed by atoms with Crippen molar-refractivity contribution in [2.75, 3.05) is 9.80 Å². The summed E-state index contributed by atoms with van der Waals surface area (Å²) in [5.41, 5.74) is 17.1. The first-order valence-corrected chi connectivity index (χ1v) is 21.1. The number of rotatable bonds is 6. The lowest BCUT2D eigenvalue weighted by Gasteiger charge is -2.29. The standard InChI is InChI=1S/C57H43N3O2/c1-33-14-20-43(21-15-33)59(55-35(3)10-8-11-36(55)4)45-24-18-39-28-47-50(30-41(39)26-45)61-52-32-49(58-7)57-54(53(47)52)48-29-40-19-25-46(27-42(40)31-51(48)62-57)60(44-22-16-34(2)17-23-44)56-37(5)12-9-13-38(56)6/h8-32H,1-6H3. The summed E-state index contributed by atoms with van der Waals surface area (Å²) in [6.07, 6.45) is 0. The van der Waals surface area contributed by atoms with Crippen molar-refractivity contribution in [3.63, 3.8) is 0 Å². The largest absolute Gasteiger partial charge is 0.467 e. The molecule has 0 fully saturated rings. The molecule has 5 nitrogen and oxygen atoms in total. The molecule has 0 spiro atoms. The minimum Gasteiger partial charge on any atom is -0.467 e. The molecule has 0 atom stereocenters. The Kier molecular flexibility index (Phi) is 8.49. The number of hydrogen-bond acceptors (Lipinski definition) is 4. The predicted molar refractivity (Wildman–Crippen MR) is 260 cm³/mol. The fraction of sp³-hybridized carbons (Fsp3) is 0.105. The van der Waals surface area contributed by atoms with Gasteiger partial charge in [-0.1, -0.05) is 83.9 Å². The molecule has 0 saturated carbocycles. The summed E-state index contributed by atoms with van der Waals surface area (Å²) < 4.78 is 13.4. The van der Waals surface area contributed by atoms with Gasteiger partial charge in [0.25, 0.3) is 0 Å². The van der Waals surface area contributed by atoms with Gasteiger partial charge in [0, 0.05) is 44.3 Å². The number of furan rings is 2. The summed E-state index contributed by atoms with van der Waals surface area (Å²) in [7, 11) is 0. The number of nitrogens with zero attached hydrogens (tertiary/aromatic N) is 3. The van der Waals surface area contributed by atoms with Gasteiger partial charge in [0.2, 0.25) is 5.69 Å². The van der Waals surface area contributed by atoms with Crippen molar-refractivity contribution in [2.45, 2.75) is 41.5 Å². The van der Waals surface area contributed by atoms with E-state index in [1.165, 1.54) is 44.8 Å². The Balaban J connectivity index is 1.08. The lowest BCUT2D eigenvalue weighted by molar-refractivity contribution is 0.665. The SMILES string of the molecule is [C-]#[N+]c1cc2oc3cc4cc(N(c5ccc(C)cc5)c5c(C)cccc5C)ccc4cc3c2c2c1oc1cc3cc(N(c4ccc(C)cc4)c4c(C)cccc4C)ccc3cc12. The van der Waals surface area contributed by atoms with Crippen LogP contribution in [0.1, 0.15) is 33.4 Å². The maximum absolute atomic E-state index is 8.22. The first-order chi connectivity index (χ1) is 30.1. The summed E-state index contributed by atoms with van der Waals surface area (Å²) in [6.45, 7) is 21.2. The van der Waals surface area contributed by atoms with E-state index < -0.39 is 0 Å². The van der Waals surface area contributed by atoms with E-state index in [1.54, 1.807) is 0 Å². The highest BCUT2D eigenvalue weighted by molar-refractivity contribution is 6.30. The molecular formula is C57H43N3O2. The molecular weight excluding hydrogens is 759 g/mol. The zero-order valence-corrected chi connectivity index (χ0v) is 35.6. The van der Waals surface area contributed by atoms with Crippen molar-refractivity contribution in [1.29, 1.82) is 0 Å². The molecule has 9 aromatic carbocycles. The average Bonchev–Trinajstić information content (AvgIpc) is 3.81. The Morgan fingerprint density at radius 2 is 0.839 bits per heavy atom. The Hall–Kier alpha value is -7.81. The van der Waals surface area contributed by atoms with Gasteiger partial charge in [0.05, 0.1) is 17.9 Å². The van der Waals surface area contributed by atoms with Crippen LogP contribution >= 0.6 is 0 Å². The van der Waals surface area contributed by atoms with Crippen molar-refractivity contribution >= 4 is 105 Å². The van der Waals surface area contributed by atoms with E-state index in [2.05, 4.69) is 202 Å². The smallest absolute Gasteiger partial charge is 0.233 e. The topological polar surface area (TPSA) is 37.1 Å². The van der Waals surface area contributed by atoms with Gasteiger partial charge in [0.15, 0.2) is 0 Å². The van der Waals surface area contributed by atoms with Crippen molar-refractivity contribution in [2.24, 2.45) is 0 Å². The average molecular weight is 802 g/mol. The van der Waals surface area contributed by atoms with Gasteiger partial charge < -0.3 is 18.6 Å². The van der Waals surface area contributed by atoms with Gasteiger partial charge in [-0.2, -0.15) is 0 Å². The van der Waals surface area contributed by atoms with Crippen LogP contribution < -0.4 is 9.80 Å². The molecule has 5 heteroatoms. The maximum Gasteiger partial charge on any atom is 0.233 e. The lowest BCUT2D eigenvalue weighted by Crippen LogP contribution is -2.12. The van der Waals surface area contributed by atoms with Crippen LogP contribution in [0.5, 0.6) is 0 Å². The predicted octanol–water partition coefficient (Wildman–Crippen LogP) is 17.1. The van der Waals surface area contributed by atoms with Crippen molar-refractivity contribution in [3.05, 3.63) is 196 Å². The van der Waals surface area contributed by atoms with Crippen molar-refractivity contribution < 1.29 is 8.83 Å². The van der Waals surface area contributed by atoms with Crippen LogP contribution in [0.2, 0.25) is 0 Å². The molecule has 0 aliphatic heterocycles. The molecule has 0 amide bonds. The molecule has 11 aromatic rings. The highest BCUT2D eigenvalue weighted by Gasteiger charge is 2.23. The van der Waals surface area contributed by atoms with Crippen LogP contribution in [0.3, 0.4) is 0 Å². The minimum atomic E-state index is 0.433. The summed E-state index contributed by atoms with van der Waals surface area (Å²) in [5, 5.41) is 8.12. The van der Waals surface area contributed by atoms with Crippen LogP contribution in [0.25, 0.3) is 70.3 Å². The Morgan fingerprint density at radius 3 is 1.31 bits per heavy atom. The molecule has 0 bridgehead atoms. The van der Waals surface area contributed by atoms with Crippen molar-refractivity contribution in [3.8, 4) is 0 Å². The van der Waals surface area contributed by atoms with Gasteiger partial charge in [-0.15, -0.1) is 0 Å². The molecule has 298 valence electrons. The number of fused-ring (bicyclic) bond motifs is 9. The van der Waals surface area contributed by atoms with Gasteiger partial charge in [-0.05, 0) is 164 Å². The third-order valence-corrected chi connectivity index (χ3v) is 12.6. The van der Waals surface area contributed by atoms with E-state index in [4.69, 9.17) is 15.4 Å². The quantitative estimate of drug-likeness (QED) is 0.157. The molecule has 2 heterocycles. The fourth-order valence-electron chi connectivity index (χ4n) is 9.53.